The fourth-order valence-electron chi connectivity index (χ4n) is 3.86. The Balaban J connectivity index is 1.95. The third kappa shape index (κ3) is 4.99. The molecular weight excluding hydrogens is 498 g/mol. The smallest absolute Gasteiger partial charge is 0.419 e. The van der Waals surface area contributed by atoms with Gasteiger partial charge in [0.25, 0.3) is 5.91 Å². The van der Waals surface area contributed by atoms with Crippen LogP contribution in [0.15, 0.2) is 66.9 Å². The van der Waals surface area contributed by atoms with E-state index in [-0.39, 0.29) is 34.1 Å². The van der Waals surface area contributed by atoms with Gasteiger partial charge in [-0.3, -0.25) is 4.79 Å². The average molecular weight is 522 g/mol. The SMILES string of the molecule is C=CCOC(=O)c1c(C=C2NC(=O)N(c3ccccc3)C2=O)c2c(Cl)cccc2n1C(=O)OC(C)(C)C. The van der Waals surface area contributed by atoms with Crippen LogP contribution in [0, 0.1) is 0 Å². The molecule has 1 saturated heterocycles. The zero-order chi connectivity index (χ0) is 26.9. The highest BCUT2D eigenvalue weighted by molar-refractivity contribution is 6.37. The molecule has 1 aliphatic rings. The number of esters is 1. The van der Waals surface area contributed by atoms with Crippen molar-refractivity contribution in [1.82, 2.24) is 9.88 Å². The number of hydrogen-bond donors (Lipinski definition) is 1. The number of carbonyl (C=O) groups is 4. The third-order valence-electron chi connectivity index (χ3n) is 5.26. The second kappa shape index (κ2) is 9.94. The number of aromatic nitrogens is 1. The molecule has 1 aromatic heterocycles. The molecule has 0 unspecified atom stereocenters. The van der Waals surface area contributed by atoms with Crippen molar-refractivity contribution in [2.45, 2.75) is 26.4 Å². The Bertz CT molecular complexity index is 1470. The van der Waals surface area contributed by atoms with Gasteiger partial charge in [-0.1, -0.05) is 48.5 Å². The van der Waals surface area contributed by atoms with Crippen LogP contribution < -0.4 is 10.2 Å². The minimum Gasteiger partial charge on any atom is -0.457 e. The number of benzene rings is 2. The van der Waals surface area contributed by atoms with Crippen LogP contribution in [0.5, 0.6) is 0 Å². The summed E-state index contributed by atoms with van der Waals surface area (Å²) in [4.78, 5) is 53.4. The number of urea groups is 1. The molecule has 1 aliphatic heterocycles. The molecule has 3 amide bonds. The topological polar surface area (TPSA) is 107 Å². The van der Waals surface area contributed by atoms with Crippen molar-refractivity contribution in [2.75, 3.05) is 11.5 Å². The van der Waals surface area contributed by atoms with Gasteiger partial charge in [-0.25, -0.2) is 23.9 Å². The summed E-state index contributed by atoms with van der Waals surface area (Å²) in [7, 11) is 0. The van der Waals surface area contributed by atoms with Gasteiger partial charge in [0.15, 0.2) is 0 Å². The van der Waals surface area contributed by atoms with E-state index in [4.69, 9.17) is 21.1 Å². The van der Waals surface area contributed by atoms with Gasteiger partial charge in [0, 0.05) is 10.9 Å². The number of carbonyl (C=O) groups excluding carboxylic acids is 4. The van der Waals surface area contributed by atoms with E-state index in [1.54, 1.807) is 69.3 Å². The van der Waals surface area contributed by atoms with Gasteiger partial charge in [0.05, 0.1) is 16.2 Å². The van der Waals surface area contributed by atoms with E-state index < -0.39 is 29.6 Å². The molecule has 1 N–H and O–H groups in total. The van der Waals surface area contributed by atoms with Gasteiger partial charge in [-0.15, -0.1) is 0 Å². The largest absolute Gasteiger partial charge is 0.457 e. The summed E-state index contributed by atoms with van der Waals surface area (Å²) < 4.78 is 11.9. The van der Waals surface area contributed by atoms with Gasteiger partial charge in [-0.2, -0.15) is 0 Å². The van der Waals surface area contributed by atoms with Gasteiger partial charge in [-0.05, 0) is 51.1 Å². The van der Waals surface area contributed by atoms with Crippen molar-refractivity contribution in [3.63, 3.8) is 0 Å². The number of hydrogen-bond acceptors (Lipinski definition) is 6. The van der Waals surface area contributed by atoms with Crippen LogP contribution in [-0.4, -0.2) is 40.8 Å². The predicted molar refractivity (Wildman–Crippen MR) is 139 cm³/mol. The third-order valence-corrected chi connectivity index (χ3v) is 5.58. The molecule has 0 aliphatic carbocycles. The Morgan fingerprint density at radius 2 is 1.78 bits per heavy atom. The highest BCUT2D eigenvalue weighted by Gasteiger charge is 2.37. The van der Waals surface area contributed by atoms with Crippen LogP contribution in [0.1, 0.15) is 36.8 Å². The molecule has 0 spiro atoms. The monoisotopic (exact) mass is 521 g/mol. The summed E-state index contributed by atoms with van der Waals surface area (Å²) in [6, 6.07) is 12.5. The summed E-state index contributed by atoms with van der Waals surface area (Å²) in [6.45, 7) is 8.48. The van der Waals surface area contributed by atoms with Gasteiger partial charge in [0.1, 0.15) is 23.6 Å². The minimum absolute atomic E-state index is 0.110. The Morgan fingerprint density at radius 1 is 1.08 bits per heavy atom. The minimum atomic E-state index is -0.876. The lowest BCUT2D eigenvalue weighted by molar-refractivity contribution is -0.113. The quantitative estimate of drug-likeness (QED) is 0.205. The first-order valence-corrected chi connectivity index (χ1v) is 11.7. The zero-order valence-corrected chi connectivity index (χ0v) is 21.2. The molecule has 2 aromatic carbocycles. The molecule has 190 valence electrons. The first kappa shape index (κ1) is 25.7. The van der Waals surface area contributed by atoms with E-state index in [1.807, 2.05) is 0 Å². The van der Waals surface area contributed by atoms with Crippen LogP contribution in [0.4, 0.5) is 15.3 Å². The van der Waals surface area contributed by atoms with Crippen molar-refractivity contribution in [2.24, 2.45) is 0 Å². The number of halogens is 1. The number of imide groups is 1. The standard InChI is InChI=1S/C27H24ClN3O6/c1-5-14-36-24(33)22-17(15-19-23(32)30(25(34)29-19)16-10-7-6-8-11-16)21-18(28)12-9-13-20(21)31(22)26(35)37-27(2,3)4/h5-13,15H,1,14H2,2-4H3,(H,29,34). The number of nitrogens with one attached hydrogen (secondary N) is 1. The number of anilines is 1. The van der Waals surface area contributed by atoms with Crippen LogP contribution in [0.3, 0.4) is 0 Å². The van der Waals surface area contributed by atoms with Crippen molar-refractivity contribution in [3.05, 3.63) is 83.2 Å². The summed E-state index contributed by atoms with van der Waals surface area (Å²) in [6.07, 6.45) is 1.84. The second-order valence-electron chi connectivity index (χ2n) is 9.06. The molecule has 10 heteroatoms. The lowest BCUT2D eigenvalue weighted by Gasteiger charge is -2.20. The van der Waals surface area contributed by atoms with E-state index >= 15 is 0 Å². The molecule has 1 fully saturated rings. The van der Waals surface area contributed by atoms with Crippen LogP contribution in [0.2, 0.25) is 5.02 Å². The number of amides is 3. The Hall–Kier alpha value is -4.37. The first-order chi connectivity index (χ1) is 17.5. The van der Waals surface area contributed by atoms with E-state index in [2.05, 4.69) is 11.9 Å². The Kier molecular flexibility index (Phi) is 6.91. The van der Waals surface area contributed by atoms with Crippen LogP contribution in [0.25, 0.3) is 17.0 Å². The molecular formula is C27H24ClN3O6. The molecule has 4 rings (SSSR count). The van der Waals surface area contributed by atoms with Crippen molar-refractivity contribution < 1.29 is 28.7 Å². The maximum atomic E-state index is 13.3. The number of rotatable bonds is 5. The van der Waals surface area contributed by atoms with Gasteiger partial charge < -0.3 is 14.8 Å². The molecule has 0 saturated carbocycles. The van der Waals surface area contributed by atoms with E-state index in [0.717, 1.165) is 9.47 Å². The van der Waals surface area contributed by atoms with Crippen molar-refractivity contribution >= 4 is 58.3 Å². The molecule has 2 heterocycles. The Labute approximate surface area is 217 Å². The molecule has 0 radical (unpaired) electrons. The van der Waals surface area contributed by atoms with Crippen molar-refractivity contribution in [3.8, 4) is 0 Å². The van der Waals surface area contributed by atoms with E-state index in [9.17, 15) is 19.2 Å². The number of nitrogens with zero attached hydrogens (tertiary/aromatic N) is 2. The highest BCUT2D eigenvalue weighted by atomic mass is 35.5. The van der Waals surface area contributed by atoms with E-state index in [1.165, 1.54) is 12.2 Å². The van der Waals surface area contributed by atoms with E-state index in [0.29, 0.717) is 11.1 Å². The van der Waals surface area contributed by atoms with Crippen LogP contribution >= 0.6 is 11.6 Å². The summed E-state index contributed by atoms with van der Waals surface area (Å²) in [5, 5.41) is 3.04. The summed E-state index contributed by atoms with van der Waals surface area (Å²) >= 11 is 6.52. The first-order valence-electron chi connectivity index (χ1n) is 11.3. The molecule has 0 bridgehead atoms. The fraction of sp³-hybridized carbons (Fsp3) is 0.185. The normalized spacial score (nSPS) is 14.7. The summed E-state index contributed by atoms with van der Waals surface area (Å²) in [5.74, 6) is -1.52. The second-order valence-corrected chi connectivity index (χ2v) is 9.47. The number of fused-ring (bicyclic) bond motifs is 1. The lowest BCUT2D eigenvalue weighted by atomic mass is 10.1. The molecule has 3 aromatic rings. The maximum Gasteiger partial charge on any atom is 0.419 e. The number of para-hydroxylation sites is 1. The predicted octanol–water partition coefficient (Wildman–Crippen LogP) is 5.52. The fourth-order valence-corrected chi connectivity index (χ4v) is 4.13. The Morgan fingerprint density at radius 3 is 2.43 bits per heavy atom. The van der Waals surface area contributed by atoms with Gasteiger partial charge in [0.2, 0.25) is 0 Å². The zero-order valence-electron chi connectivity index (χ0n) is 20.4. The maximum absolute atomic E-state index is 13.3. The molecule has 9 nitrogen and oxygen atoms in total. The highest BCUT2D eigenvalue weighted by Crippen LogP contribution is 2.35. The van der Waals surface area contributed by atoms with Crippen LogP contribution in [-0.2, 0) is 14.3 Å². The van der Waals surface area contributed by atoms with Crippen molar-refractivity contribution in [1.29, 1.82) is 0 Å². The number of ether oxygens (including phenoxy) is 2. The molecule has 37 heavy (non-hydrogen) atoms. The summed E-state index contributed by atoms with van der Waals surface area (Å²) in [5.41, 5.74) is -0.469. The van der Waals surface area contributed by atoms with Gasteiger partial charge >= 0.3 is 18.1 Å². The average Bonchev–Trinajstić information content (AvgIpc) is 3.31. The lowest BCUT2D eigenvalue weighted by Crippen LogP contribution is -2.30. The molecule has 0 atom stereocenters.